The van der Waals surface area contributed by atoms with Crippen LogP contribution in [0, 0.1) is 11.8 Å². The lowest BCUT2D eigenvalue weighted by Gasteiger charge is -2.19. The van der Waals surface area contributed by atoms with Crippen molar-refractivity contribution in [2.75, 3.05) is 31.3 Å². The lowest BCUT2D eigenvalue weighted by atomic mass is 9.97. The first-order valence-corrected chi connectivity index (χ1v) is 21.3. The molecule has 2 amide bonds. The van der Waals surface area contributed by atoms with E-state index in [0.717, 1.165) is 55.7 Å². The Bertz CT molecular complexity index is 1310. The number of aromatic nitrogens is 3. The summed E-state index contributed by atoms with van der Waals surface area (Å²) >= 11 is 0. The Morgan fingerprint density at radius 2 is 1.50 bits per heavy atom. The van der Waals surface area contributed by atoms with Crippen molar-refractivity contribution < 1.29 is 19.1 Å². The molecule has 2 unspecified atom stereocenters. The number of hydrogen-bond donors (Lipinski definition) is 2. The molecule has 2 N–H and O–H groups in total. The average molecular weight is 726 g/mol. The zero-order valence-corrected chi connectivity index (χ0v) is 31.9. The van der Waals surface area contributed by atoms with E-state index in [1.807, 2.05) is 60.8 Å². The average Bonchev–Trinajstić information content (AvgIpc) is 3.41. The summed E-state index contributed by atoms with van der Waals surface area (Å²) in [4.78, 5) is 25.0. The van der Waals surface area contributed by atoms with E-state index >= 15 is 0 Å². The normalized spacial score (nSPS) is 21.1. The molecule has 1 aromatic heterocycles. The Labute approximate surface area is 307 Å². The molecule has 0 spiro atoms. The van der Waals surface area contributed by atoms with E-state index in [1.165, 1.54) is 44.9 Å². The van der Waals surface area contributed by atoms with E-state index in [9.17, 15) is 9.59 Å². The van der Waals surface area contributed by atoms with Gasteiger partial charge in [-0.05, 0) is 63.0 Å². The molecule has 2 fully saturated rings. The SMILES string of the molecule is CCCC1C(CCCNC(=O)c2ccccccccc2)[C@@]1(C)n1cc(COCCSSCCOC(=O)NC2CCCCCCCCC2)nn1. The van der Waals surface area contributed by atoms with Crippen molar-refractivity contribution >= 4 is 33.6 Å². The van der Waals surface area contributed by atoms with Gasteiger partial charge in [0.2, 0.25) is 0 Å². The molecule has 2 aromatic rings. The van der Waals surface area contributed by atoms with Crippen LogP contribution >= 0.6 is 21.6 Å². The monoisotopic (exact) mass is 725 g/mol. The van der Waals surface area contributed by atoms with Crippen LogP contribution in [-0.4, -0.2) is 64.3 Å². The van der Waals surface area contributed by atoms with E-state index in [4.69, 9.17) is 9.47 Å². The fourth-order valence-corrected chi connectivity index (χ4v) is 8.80. The first kappa shape index (κ1) is 40.0. The third-order valence-electron chi connectivity index (χ3n) is 9.94. The van der Waals surface area contributed by atoms with Crippen LogP contribution < -0.4 is 10.6 Å². The maximum atomic E-state index is 12.8. The van der Waals surface area contributed by atoms with E-state index < -0.39 is 0 Å². The largest absolute Gasteiger partial charge is 0.449 e. The predicted molar refractivity (Wildman–Crippen MR) is 206 cm³/mol. The summed E-state index contributed by atoms with van der Waals surface area (Å²) in [7, 11) is 3.43. The van der Waals surface area contributed by atoms with Crippen LogP contribution in [0.3, 0.4) is 0 Å². The number of alkyl carbamates (subject to hydrolysis) is 1. The van der Waals surface area contributed by atoms with Crippen LogP contribution in [0.5, 0.6) is 0 Å². The highest BCUT2D eigenvalue weighted by Gasteiger charge is 2.61. The molecule has 50 heavy (non-hydrogen) atoms. The van der Waals surface area contributed by atoms with Crippen LogP contribution in [0.25, 0.3) is 0 Å². The predicted octanol–water partition coefficient (Wildman–Crippen LogP) is 8.89. The highest BCUT2D eigenvalue weighted by Crippen LogP contribution is 2.60. The fourth-order valence-electron chi connectivity index (χ4n) is 7.11. The summed E-state index contributed by atoms with van der Waals surface area (Å²) in [5, 5.41) is 15.1. The standard InChI is InChI=1S/C39H59N5O4S2/c1-3-19-35-36(24-18-25-40-37(45)32-20-14-10-6-4-7-11-15-21-32)39(35,2)44-30-34(42-43-44)31-47-26-28-49-50-29-27-48-38(46)41-33-22-16-12-8-5-9-13-17-23-33/h4,6-7,10-11,14-15,20-21,30,33,35-36H,3,5,8-9,12-13,16-19,22-29,31H2,1-2H3,(H,40,45)(H,41,46)/t35?,36?,39-/m0/s1. The van der Waals surface area contributed by atoms with Crippen molar-refractivity contribution in [1.29, 1.82) is 0 Å². The minimum Gasteiger partial charge on any atom is -0.449 e. The summed E-state index contributed by atoms with van der Waals surface area (Å²) in [6, 6.07) is 17.4. The summed E-state index contributed by atoms with van der Waals surface area (Å²) in [6.07, 6.45) is 17.0. The molecular weight excluding hydrogens is 667 g/mol. The number of hydrogen-bond acceptors (Lipinski definition) is 8. The molecule has 2 saturated carbocycles. The Morgan fingerprint density at radius 3 is 2.18 bits per heavy atom. The Kier molecular flexibility index (Phi) is 18.4. The Balaban J connectivity index is 1.08. The third-order valence-corrected chi connectivity index (χ3v) is 12.3. The van der Waals surface area contributed by atoms with Gasteiger partial charge in [-0.1, -0.05) is 128 Å². The molecule has 4 rings (SSSR count). The second-order valence-corrected chi connectivity index (χ2v) is 16.3. The summed E-state index contributed by atoms with van der Waals surface area (Å²) in [6.45, 7) is 6.64. The van der Waals surface area contributed by atoms with Gasteiger partial charge in [0.1, 0.15) is 12.3 Å². The van der Waals surface area contributed by atoms with Gasteiger partial charge in [-0.25, -0.2) is 9.48 Å². The molecule has 0 saturated heterocycles. The quantitative estimate of drug-likeness (QED) is 0.116. The zero-order valence-electron chi connectivity index (χ0n) is 30.2. The van der Waals surface area contributed by atoms with Crippen LogP contribution in [0.1, 0.15) is 113 Å². The van der Waals surface area contributed by atoms with Gasteiger partial charge in [0.15, 0.2) is 0 Å². The van der Waals surface area contributed by atoms with Crippen LogP contribution in [0.4, 0.5) is 4.79 Å². The summed E-state index contributed by atoms with van der Waals surface area (Å²) in [5.74, 6) is 2.60. The van der Waals surface area contributed by atoms with Gasteiger partial charge < -0.3 is 20.1 Å². The van der Waals surface area contributed by atoms with E-state index in [1.54, 1.807) is 21.6 Å². The van der Waals surface area contributed by atoms with Crippen LogP contribution in [0.2, 0.25) is 0 Å². The van der Waals surface area contributed by atoms with Crippen molar-refractivity contribution in [2.24, 2.45) is 11.8 Å². The Hall–Kier alpha value is -2.76. The maximum Gasteiger partial charge on any atom is 0.407 e. The molecule has 1 heterocycles. The van der Waals surface area contributed by atoms with Crippen molar-refractivity contribution in [3.8, 4) is 0 Å². The topological polar surface area (TPSA) is 107 Å². The number of carbonyl (C=O) groups is 2. The number of ether oxygens (including phenoxy) is 2. The number of rotatable bonds is 18. The second kappa shape index (κ2) is 22.9. The van der Waals surface area contributed by atoms with Gasteiger partial charge in [-0.3, -0.25) is 4.79 Å². The number of nitrogens with zero attached hydrogens (tertiary/aromatic N) is 3. The molecule has 9 nitrogen and oxygen atoms in total. The van der Waals surface area contributed by atoms with Crippen molar-refractivity contribution in [1.82, 2.24) is 25.6 Å². The molecule has 1 aromatic carbocycles. The first-order valence-electron chi connectivity index (χ1n) is 18.9. The maximum absolute atomic E-state index is 12.8. The lowest BCUT2D eigenvalue weighted by molar-refractivity contribution is 0.0952. The second-order valence-electron chi connectivity index (χ2n) is 13.6. The van der Waals surface area contributed by atoms with Gasteiger partial charge in [-0.15, -0.1) is 5.10 Å². The number of amides is 2. The van der Waals surface area contributed by atoms with E-state index in [2.05, 4.69) is 39.5 Å². The zero-order chi connectivity index (χ0) is 35.3. The third kappa shape index (κ3) is 13.8. The highest BCUT2D eigenvalue weighted by molar-refractivity contribution is 8.76. The van der Waals surface area contributed by atoms with Gasteiger partial charge in [0.25, 0.3) is 5.91 Å². The molecule has 0 radical (unpaired) electrons. The molecule has 2 aliphatic rings. The Morgan fingerprint density at radius 1 is 0.880 bits per heavy atom. The minimum atomic E-state index is -0.276. The molecule has 0 aliphatic heterocycles. The number of carbonyl (C=O) groups excluding carboxylic acids is 2. The summed E-state index contributed by atoms with van der Waals surface area (Å²) in [5.41, 5.74) is 1.43. The van der Waals surface area contributed by atoms with Gasteiger partial charge >= 0.3 is 6.09 Å². The van der Waals surface area contributed by atoms with Crippen LogP contribution in [0.15, 0.2) is 60.8 Å². The number of nitrogens with one attached hydrogen (secondary N) is 2. The first-order chi connectivity index (χ1) is 24.5. The minimum absolute atomic E-state index is 0.0513. The van der Waals surface area contributed by atoms with Crippen molar-refractivity contribution in [3.63, 3.8) is 0 Å². The van der Waals surface area contributed by atoms with Gasteiger partial charge in [0.05, 0.1) is 24.9 Å². The molecule has 2 aliphatic carbocycles. The molecular formula is C39H59N5O4S2. The molecule has 11 heteroatoms. The fraction of sp³-hybridized carbons (Fsp3) is 0.641. The van der Waals surface area contributed by atoms with E-state index in [-0.39, 0.29) is 23.6 Å². The molecule has 0 bridgehead atoms. The summed E-state index contributed by atoms with van der Waals surface area (Å²) < 4.78 is 13.4. The van der Waals surface area contributed by atoms with Crippen LogP contribution in [-0.2, 0) is 21.6 Å². The lowest BCUT2D eigenvalue weighted by Crippen LogP contribution is -2.35. The highest BCUT2D eigenvalue weighted by atomic mass is 33.1. The van der Waals surface area contributed by atoms with Gasteiger partial charge in [0, 0.05) is 29.7 Å². The van der Waals surface area contributed by atoms with Crippen molar-refractivity contribution in [3.05, 3.63) is 72.1 Å². The van der Waals surface area contributed by atoms with E-state index in [0.29, 0.717) is 43.8 Å². The van der Waals surface area contributed by atoms with Crippen molar-refractivity contribution in [2.45, 2.75) is 116 Å². The smallest absolute Gasteiger partial charge is 0.407 e. The molecule has 276 valence electrons. The van der Waals surface area contributed by atoms with Gasteiger partial charge in [-0.2, -0.15) is 0 Å². The molecule has 3 atom stereocenters.